The van der Waals surface area contributed by atoms with E-state index < -0.39 is 5.97 Å². The fourth-order valence-corrected chi connectivity index (χ4v) is 3.29. The Balaban J connectivity index is 1.64. The number of hydrogen-bond acceptors (Lipinski definition) is 8. The topological polar surface area (TPSA) is 116 Å². The zero-order chi connectivity index (χ0) is 18.1. The average molecular weight is 371 g/mol. The van der Waals surface area contributed by atoms with E-state index in [1.165, 1.54) is 13.3 Å². The van der Waals surface area contributed by atoms with Crippen molar-refractivity contribution in [3.05, 3.63) is 62.4 Å². The summed E-state index contributed by atoms with van der Waals surface area (Å²) in [4.78, 5) is 29.4. The van der Waals surface area contributed by atoms with Gasteiger partial charge in [-0.05, 0) is 11.4 Å². The Kier molecular flexibility index (Phi) is 4.09. The highest BCUT2D eigenvalue weighted by Gasteiger charge is 2.22. The summed E-state index contributed by atoms with van der Waals surface area (Å²) < 4.78 is 11.7. The number of esters is 1. The number of aromatic amines is 1. The molecule has 0 aliphatic carbocycles. The predicted molar refractivity (Wildman–Crippen MR) is 91.3 cm³/mol. The summed E-state index contributed by atoms with van der Waals surface area (Å²) in [5.74, 6) is 0.359. The Morgan fingerprint density at radius 3 is 3.08 bits per heavy atom. The molecule has 0 spiro atoms. The summed E-state index contributed by atoms with van der Waals surface area (Å²) >= 11 is 1.62. The Morgan fingerprint density at radius 2 is 2.31 bits per heavy atom. The molecule has 4 heterocycles. The Morgan fingerprint density at radius 1 is 1.42 bits per heavy atom. The van der Waals surface area contributed by atoms with Crippen molar-refractivity contribution in [1.82, 2.24) is 24.9 Å². The predicted octanol–water partition coefficient (Wildman–Crippen LogP) is 1.55. The summed E-state index contributed by atoms with van der Waals surface area (Å²) in [7, 11) is 1.27. The second-order valence-electron chi connectivity index (χ2n) is 5.51. The van der Waals surface area contributed by atoms with Crippen LogP contribution in [0.3, 0.4) is 0 Å². The monoisotopic (exact) mass is 371 g/mol. The normalized spacial score (nSPS) is 11.1. The van der Waals surface area contributed by atoms with Crippen LogP contribution < -0.4 is 5.56 Å². The first-order valence-electron chi connectivity index (χ1n) is 7.64. The maximum atomic E-state index is 12.0. The van der Waals surface area contributed by atoms with E-state index >= 15 is 0 Å². The molecule has 9 nitrogen and oxygen atoms in total. The minimum absolute atomic E-state index is 0.182. The second-order valence-corrected chi connectivity index (χ2v) is 6.54. The highest BCUT2D eigenvalue weighted by Crippen LogP contribution is 2.21. The van der Waals surface area contributed by atoms with E-state index in [2.05, 4.69) is 20.3 Å². The number of ether oxygens (including phenoxy) is 1. The molecule has 0 aromatic carbocycles. The summed E-state index contributed by atoms with van der Waals surface area (Å²) in [5, 5.41) is 12.2. The second kappa shape index (κ2) is 6.56. The van der Waals surface area contributed by atoms with E-state index in [1.54, 1.807) is 22.1 Å². The van der Waals surface area contributed by atoms with Gasteiger partial charge in [0.25, 0.3) is 5.56 Å². The Hall–Kier alpha value is -3.27. The maximum absolute atomic E-state index is 12.0. The van der Waals surface area contributed by atoms with Crippen LogP contribution in [0.25, 0.3) is 11.3 Å². The van der Waals surface area contributed by atoms with E-state index in [1.807, 2.05) is 17.5 Å². The van der Waals surface area contributed by atoms with Gasteiger partial charge >= 0.3 is 5.97 Å². The first-order chi connectivity index (χ1) is 12.6. The van der Waals surface area contributed by atoms with Crippen LogP contribution in [0.4, 0.5) is 0 Å². The summed E-state index contributed by atoms with van der Waals surface area (Å²) in [6, 6.07) is 3.96. The molecule has 0 fully saturated rings. The number of fused-ring (bicyclic) bond motifs is 1. The lowest BCUT2D eigenvalue weighted by molar-refractivity contribution is 0.0600. The van der Waals surface area contributed by atoms with Crippen LogP contribution in [0.5, 0.6) is 0 Å². The number of thiophene rings is 1. The van der Waals surface area contributed by atoms with Crippen LogP contribution in [-0.2, 0) is 17.7 Å². The van der Waals surface area contributed by atoms with Crippen molar-refractivity contribution in [2.45, 2.75) is 13.0 Å². The number of aromatic nitrogens is 5. The van der Waals surface area contributed by atoms with E-state index in [4.69, 9.17) is 9.26 Å². The first-order valence-corrected chi connectivity index (χ1v) is 8.52. The number of hydrogen-bond donors (Lipinski definition) is 1. The van der Waals surface area contributed by atoms with E-state index in [9.17, 15) is 9.59 Å². The number of carbonyl (C=O) groups excluding carboxylic acids is 1. The molecular weight excluding hydrogens is 358 g/mol. The van der Waals surface area contributed by atoms with Gasteiger partial charge in [-0.2, -0.15) is 10.1 Å². The van der Waals surface area contributed by atoms with Crippen molar-refractivity contribution in [3.8, 4) is 11.3 Å². The highest BCUT2D eigenvalue weighted by atomic mass is 32.1. The number of H-pyrrole nitrogens is 1. The van der Waals surface area contributed by atoms with Gasteiger partial charge in [0.05, 0.1) is 12.7 Å². The molecule has 0 saturated carbocycles. The summed E-state index contributed by atoms with van der Waals surface area (Å²) in [5.41, 5.74) is 0.346. The van der Waals surface area contributed by atoms with Gasteiger partial charge in [0.2, 0.25) is 5.89 Å². The van der Waals surface area contributed by atoms with Crippen LogP contribution in [0.2, 0.25) is 0 Å². The quantitative estimate of drug-likeness (QED) is 0.529. The minimum Gasteiger partial charge on any atom is -0.465 e. The Labute approximate surface area is 150 Å². The standard InChI is InChI=1S/C16H13N5O4S/c1-24-16(23)11-7-21(6-10-14(11)18-19-15(10)22)8-13-17-12(20-25-13)5-9-3-2-4-26-9/h2-4,6-7H,5,8H2,1H3,(H,19,22). The van der Waals surface area contributed by atoms with Gasteiger partial charge < -0.3 is 13.8 Å². The molecule has 0 unspecified atom stereocenters. The van der Waals surface area contributed by atoms with Gasteiger partial charge in [0.1, 0.15) is 17.8 Å². The molecule has 26 heavy (non-hydrogen) atoms. The fourth-order valence-electron chi connectivity index (χ4n) is 2.59. The van der Waals surface area contributed by atoms with Gasteiger partial charge in [-0.3, -0.25) is 4.79 Å². The van der Waals surface area contributed by atoms with Crippen molar-refractivity contribution in [2.24, 2.45) is 0 Å². The van der Waals surface area contributed by atoms with Crippen molar-refractivity contribution in [2.75, 3.05) is 7.11 Å². The fraction of sp³-hybridized carbons (Fsp3) is 0.188. The zero-order valence-corrected chi connectivity index (χ0v) is 14.4. The number of carbonyl (C=O) groups is 1. The molecule has 2 aromatic heterocycles. The maximum Gasteiger partial charge on any atom is 0.341 e. The SMILES string of the molecule is COC(=O)c1cn(Cc2nc(Cc3cccs3)no2)cc2c(=O)[nH]nc1-2. The van der Waals surface area contributed by atoms with Crippen LogP contribution >= 0.6 is 11.3 Å². The van der Waals surface area contributed by atoms with Crippen molar-refractivity contribution >= 4 is 17.3 Å². The lowest BCUT2D eigenvalue weighted by atomic mass is 10.1. The molecule has 0 amide bonds. The molecule has 4 rings (SSSR count). The molecule has 10 heteroatoms. The molecule has 1 N–H and O–H groups in total. The van der Waals surface area contributed by atoms with Gasteiger partial charge in [-0.25, -0.2) is 9.89 Å². The molecule has 0 bridgehead atoms. The van der Waals surface area contributed by atoms with Crippen molar-refractivity contribution < 1.29 is 14.1 Å². The van der Waals surface area contributed by atoms with E-state index in [0.717, 1.165) is 4.88 Å². The molecular formula is C16H13N5O4S. The van der Waals surface area contributed by atoms with Gasteiger partial charge in [-0.1, -0.05) is 11.2 Å². The third-order valence-electron chi connectivity index (χ3n) is 3.76. The van der Waals surface area contributed by atoms with Crippen molar-refractivity contribution in [3.63, 3.8) is 0 Å². The summed E-state index contributed by atoms with van der Waals surface area (Å²) in [6.07, 6.45) is 3.71. The number of methoxy groups -OCH3 is 1. The summed E-state index contributed by atoms with van der Waals surface area (Å²) in [6.45, 7) is 0.210. The van der Waals surface area contributed by atoms with Crippen LogP contribution in [0, 0.1) is 0 Å². The number of nitrogens with one attached hydrogen (secondary N) is 1. The molecule has 0 saturated heterocycles. The van der Waals surface area contributed by atoms with Gasteiger partial charge in [-0.15, -0.1) is 11.3 Å². The third kappa shape index (κ3) is 3.02. The lowest BCUT2D eigenvalue weighted by Gasteiger charge is -2.09. The van der Waals surface area contributed by atoms with Crippen LogP contribution in [-0.4, -0.2) is 38.0 Å². The van der Waals surface area contributed by atoms with Crippen molar-refractivity contribution in [1.29, 1.82) is 0 Å². The molecule has 0 radical (unpaired) electrons. The lowest BCUT2D eigenvalue weighted by Crippen LogP contribution is -2.12. The largest absolute Gasteiger partial charge is 0.465 e. The Bertz CT molecular complexity index is 1080. The molecule has 2 aliphatic heterocycles. The first kappa shape index (κ1) is 16.2. The minimum atomic E-state index is -0.584. The van der Waals surface area contributed by atoms with Crippen LogP contribution in [0.15, 0.2) is 39.2 Å². The molecule has 2 aromatic rings. The number of nitrogens with zero attached hydrogens (tertiary/aromatic N) is 4. The zero-order valence-electron chi connectivity index (χ0n) is 13.6. The van der Waals surface area contributed by atoms with Crippen LogP contribution in [0.1, 0.15) is 27.0 Å². The highest BCUT2D eigenvalue weighted by molar-refractivity contribution is 7.09. The smallest absolute Gasteiger partial charge is 0.341 e. The molecule has 132 valence electrons. The van der Waals surface area contributed by atoms with Gasteiger partial charge in [0, 0.05) is 23.7 Å². The molecule has 2 aliphatic rings. The average Bonchev–Trinajstić information content (AvgIpc) is 3.38. The third-order valence-corrected chi connectivity index (χ3v) is 4.64. The number of pyridine rings is 1. The van der Waals surface area contributed by atoms with E-state index in [-0.39, 0.29) is 28.9 Å². The number of rotatable bonds is 5. The van der Waals surface area contributed by atoms with E-state index in [0.29, 0.717) is 18.1 Å². The van der Waals surface area contributed by atoms with Gasteiger partial charge in [0.15, 0.2) is 5.82 Å². The molecule has 0 atom stereocenters.